The Morgan fingerprint density at radius 3 is 1.97 bits per heavy atom. The first kappa shape index (κ1) is 20.1. The fraction of sp³-hybridized carbons (Fsp3) is 0.375. The van der Waals surface area contributed by atoms with E-state index in [1.165, 1.54) is 37.8 Å². The number of nitrogens with zero attached hydrogens (tertiary/aromatic N) is 4. The fourth-order valence-electron chi connectivity index (χ4n) is 5.74. The maximum Gasteiger partial charge on any atom is 0.233 e. The summed E-state index contributed by atoms with van der Waals surface area (Å²) in [5.41, 5.74) is 3.43. The minimum atomic E-state index is 0.653. The van der Waals surface area contributed by atoms with Gasteiger partial charge in [-0.05, 0) is 92.2 Å². The molecular weight excluding hydrogens is 536 g/mol. The smallest absolute Gasteiger partial charge is 0.203 e. The highest BCUT2D eigenvalue weighted by atomic mass is 79.9. The number of benzene rings is 2. The Balaban J connectivity index is 1.43. The molecule has 1 heterocycles. The van der Waals surface area contributed by atoms with E-state index in [-0.39, 0.29) is 0 Å². The second-order valence-corrected chi connectivity index (χ2v) is 11.8. The van der Waals surface area contributed by atoms with Crippen LogP contribution in [0.4, 0.5) is 0 Å². The lowest BCUT2D eigenvalue weighted by molar-refractivity contribution is 0.108. The van der Waals surface area contributed by atoms with E-state index in [1.807, 2.05) is 28.9 Å². The molecule has 0 saturated heterocycles. The molecular formula is C24H22Br2N4S. The maximum atomic E-state index is 4.91. The summed E-state index contributed by atoms with van der Waals surface area (Å²) in [6.45, 7) is 0. The fourth-order valence-corrected chi connectivity index (χ4v) is 7.13. The highest BCUT2D eigenvalue weighted by Crippen LogP contribution is 2.52. The first-order chi connectivity index (χ1) is 15.1. The van der Waals surface area contributed by atoms with Crippen LogP contribution in [0.2, 0.25) is 0 Å². The largest absolute Gasteiger partial charge is 0.233 e. The zero-order valence-corrected chi connectivity index (χ0v) is 20.9. The van der Waals surface area contributed by atoms with Crippen molar-refractivity contribution in [3.63, 3.8) is 0 Å². The Bertz CT molecular complexity index is 1180. The van der Waals surface area contributed by atoms with Gasteiger partial charge in [0.05, 0.1) is 5.69 Å². The van der Waals surface area contributed by atoms with Gasteiger partial charge in [0.15, 0.2) is 0 Å². The van der Waals surface area contributed by atoms with Crippen molar-refractivity contribution in [2.45, 2.75) is 32.1 Å². The van der Waals surface area contributed by atoms with Crippen LogP contribution >= 0.6 is 43.2 Å². The molecule has 2 aromatic carbocycles. The maximum absolute atomic E-state index is 4.91. The quantitative estimate of drug-likeness (QED) is 0.325. The van der Waals surface area contributed by atoms with E-state index in [1.54, 1.807) is 11.3 Å². The molecule has 7 heteroatoms. The summed E-state index contributed by atoms with van der Waals surface area (Å²) >= 11 is 8.64. The molecule has 7 rings (SSSR count). The van der Waals surface area contributed by atoms with E-state index in [9.17, 15) is 0 Å². The predicted molar refractivity (Wildman–Crippen MR) is 132 cm³/mol. The summed E-state index contributed by atoms with van der Waals surface area (Å²) in [4.78, 5) is 0.821. The lowest BCUT2D eigenvalue weighted by Crippen LogP contribution is -2.45. The normalized spacial score (nSPS) is 27.2. The van der Waals surface area contributed by atoms with Gasteiger partial charge < -0.3 is 0 Å². The molecule has 0 N–H and O–H groups in total. The van der Waals surface area contributed by atoms with Crippen LogP contribution in [0.25, 0.3) is 16.3 Å². The van der Waals surface area contributed by atoms with Gasteiger partial charge in [-0.15, -0.1) is 5.10 Å². The molecule has 4 nitrogen and oxygen atoms in total. The Morgan fingerprint density at radius 2 is 1.35 bits per heavy atom. The van der Waals surface area contributed by atoms with E-state index in [0.717, 1.165) is 41.8 Å². The molecule has 4 aliphatic carbocycles. The van der Waals surface area contributed by atoms with E-state index in [0.29, 0.717) is 11.8 Å². The second kappa shape index (κ2) is 8.09. The molecule has 0 radical (unpaired) electrons. The Kier molecular flexibility index (Phi) is 5.23. The molecule has 1 aromatic heterocycles. The van der Waals surface area contributed by atoms with Gasteiger partial charge in [-0.1, -0.05) is 55.3 Å². The summed E-state index contributed by atoms with van der Waals surface area (Å²) in [6.07, 6.45) is 6.73. The standard InChI is InChI=1S/C24H22Br2N4S/c25-19-3-1-16(2-4-19)23-29-30(21-7-5-20(26)6-8-21)24(31-23)28-27-22-17-10-14-9-15(12-17)13-18(22)11-14/h1-8,14-15,17-18H,9-13H2/b27-22?,28-24-. The summed E-state index contributed by atoms with van der Waals surface area (Å²) in [5, 5.41) is 15.5. The molecule has 158 valence electrons. The van der Waals surface area contributed by atoms with E-state index in [2.05, 4.69) is 56.1 Å². The average molecular weight is 558 g/mol. The second-order valence-electron chi connectivity index (χ2n) is 9.01. The van der Waals surface area contributed by atoms with Gasteiger partial charge in [-0.2, -0.15) is 10.2 Å². The van der Waals surface area contributed by atoms with Crippen molar-refractivity contribution in [3.05, 3.63) is 62.3 Å². The zero-order valence-electron chi connectivity index (χ0n) is 16.9. The average Bonchev–Trinajstić information content (AvgIpc) is 3.18. The predicted octanol–water partition coefficient (Wildman–Crippen LogP) is 6.84. The van der Waals surface area contributed by atoms with Gasteiger partial charge in [-0.25, -0.2) is 4.68 Å². The van der Waals surface area contributed by atoms with Crippen molar-refractivity contribution in [1.82, 2.24) is 9.78 Å². The van der Waals surface area contributed by atoms with Crippen LogP contribution in [-0.2, 0) is 0 Å². The number of hydrogen-bond acceptors (Lipinski definition) is 4. The first-order valence-electron chi connectivity index (χ1n) is 10.9. The van der Waals surface area contributed by atoms with Crippen LogP contribution in [-0.4, -0.2) is 15.5 Å². The third-order valence-electron chi connectivity index (χ3n) is 6.95. The van der Waals surface area contributed by atoms with Crippen LogP contribution in [0.15, 0.2) is 67.7 Å². The van der Waals surface area contributed by atoms with E-state index >= 15 is 0 Å². The van der Waals surface area contributed by atoms with Crippen molar-refractivity contribution >= 4 is 48.9 Å². The number of halogens is 2. The number of hydrogen-bond donors (Lipinski definition) is 0. The van der Waals surface area contributed by atoms with Crippen LogP contribution in [0.5, 0.6) is 0 Å². The van der Waals surface area contributed by atoms with Gasteiger partial charge >= 0.3 is 0 Å². The van der Waals surface area contributed by atoms with Crippen LogP contribution in [0, 0.1) is 23.7 Å². The lowest BCUT2D eigenvalue weighted by atomic mass is 9.55. The number of rotatable bonds is 3. The number of aromatic nitrogens is 2. The molecule has 4 saturated carbocycles. The molecule has 4 bridgehead atoms. The van der Waals surface area contributed by atoms with Crippen molar-refractivity contribution < 1.29 is 0 Å². The van der Waals surface area contributed by atoms with Gasteiger partial charge in [0, 0.05) is 20.2 Å². The van der Waals surface area contributed by atoms with Crippen molar-refractivity contribution in [1.29, 1.82) is 0 Å². The minimum absolute atomic E-state index is 0.653. The summed E-state index contributed by atoms with van der Waals surface area (Å²) in [5.74, 6) is 3.17. The Labute approximate surface area is 202 Å². The van der Waals surface area contributed by atoms with Gasteiger partial charge in [0.2, 0.25) is 4.80 Å². The van der Waals surface area contributed by atoms with Crippen LogP contribution < -0.4 is 4.80 Å². The molecule has 4 fully saturated rings. The molecule has 3 aromatic rings. The van der Waals surface area contributed by atoms with Crippen molar-refractivity contribution in [2.75, 3.05) is 0 Å². The van der Waals surface area contributed by atoms with Crippen LogP contribution in [0.1, 0.15) is 32.1 Å². The molecule has 0 amide bonds. The van der Waals surface area contributed by atoms with Crippen LogP contribution in [0.3, 0.4) is 0 Å². The monoisotopic (exact) mass is 556 g/mol. The first-order valence-corrected chi connectivity index (χ1v) is 13.3. The highest BCUT2D eigenvalue weighted by Gasteiger charge is 2.46. The summed E-state index contributed by atoms with van der Waals surface area (Å²) in [6, 6.07) is 16.5. The summed E-state index contributed by atoms with van der Waals surface area (Å²) in [7, 11) is 0. The third-order valence-corrected chi connectivity index (χ3v) is 8.95. The minimum Gasteiger partial charge on any atom is -0.203 e. The molecule has 0 spiro atoms. The lowest BCUT2D eigenvalue weighted by Gasteiger charge is -2.50. The van der Waals surface area contributed by atoms with E-state index in [4.69, 9.17) is 15.3 Å². The molecule has 4 aliphatic rings. The van der Waals surface area contributed by atoms with E-state index < -0.39 is 0 Å². The molecule has 31 heavy (non-hydrogen) atoms. The summed E-state index contributed by atoms with van der Waals surface area (Å²) < 4.78 is 4.04. The van der Waals surface area contributed by atoms with Crippen molar-refractivity contribution in [3.8, 4) is 16.3 Å². The van der Waals surface area contributed by atoms with Gasteiger partial charge in [0.1, 0.15) is 5.01 Å². The molecule has 0 aliphatic heterocycles. The Hall–Kier alpha value is -1.57. The van der Waals surface area contributed by atoms with Crippen molar-refractivity contribution in [2.24, 2.45) is 33.9 Å². The zero-order chi connectivity index (χ0) is 20.9. The molecule has 0 unspecified atom stereocenters. The third kappa shape index (κ3) is 3.89. The van der Waals surface area contributed by atoms with Gasteiger partial charge in [0.25, 0.3) is 0 Å². The molecule has 0 atom stereocenters. The highest BCUT2D eigenvalue weighted by molar-refractivity contribution is 9.10. The topological polar surface area (TPSA) is 42.5 Å². The Morgan fingerprint density at radius 1 is 0.774 bits per heavy atom. The SMILES string of the molecule is Brc1ccc(-c2nn(-c3ccc(Br)cc3)/c(=N/N=C3C4CC5CC(C4)CC3C5)s2)cc1. The van der Waals surface area contributed by atoms with Gasteiger partial charge in [-0.3, -0.25) is 0 Å².